The van der Waals surface area contributed by atoms with E-state index in [2.05, 4.69) is 43.6 Å². The Hall–Kier alpha value is -1.32. The molecule has 1 aromatic rings. The maximum absolute atomic E-state index is 4.93. The van der Waals surface area contributed by atoms with Crippen LogP contribution in [0, 0.1) is 6.92 Å². The van der Waals surface area contributed by atoms with Gasteiger partial charge in [-0.05, 0) is 45.4 Å². The first-order valence-corrected chi connectivity index (χ1v) is 9.06. The monoisotopic (exact) mass is 304 g/mol. The smallest absolute Gasteiger partial charge is 0.227 e. The zero-order chi connectivity index (χ0) is 15.9. The summed E-state index contributed by atoms with van der Waals surface area (Å²) in [6, 6.07) is 2.74. The molecule has 1 fully saturated rings. The Labute approximate surface area is 135 Å². The first kappa shape index (κ1) is 17.0. The molecular weight excluding hydrogens is 272 g/mol. The highest BCUT2D eigenvalue weighted by atomic mass is 15.3. The van der Waals surface area contributed by atoms with Crippen LogP contribution in [0.2, 0.25) is 0 Å². The van der Waals surface area contributed by atoms with Crippen molar-refractivity contribution in [2.45, 2.75) is 72.3 Å². The quantitative estimate of drug-likeness (QED) is 0.756. The molecule has 2 heterocycles. The van der Waals surface area contributed by atoms with Crippen LogP contribution in [0.3, 0.4) is 0 Å². The Bertz CT molecular complexity index is 454. The minimum Gasteiger partial charge on any atom is -0.356 e. The van der Waals surface area contributed by atoms with Crippen molar-refractivity contribution >= 4 is 11.8 Å². The van der Waals surface area contributed by atoms with Gasteiger partial charge in [-0.2, -0.15) is 4.98 Å². The van der Waals surface area contributed by atoms with Crippen LogP contribution in [-0.4, -0.2) is 35.6 Å². The molecule has 0 amide bonds. The van der Waals surface area contributed by atoms with Crippen molar-refractivity contribution in [3.8, 4) is 0 Å². The lowest BCUT2D eigenvalue weighted by Crippen LogP contribution is -2.40. The fourth-order valence-corrected chi connectivity index (χ4v) is 3.40. The summed E-state index contributed by atoms with van der Waals surface area (Å²) in [4.78, 5) is 14.5. The molecule has 4 heteroatoms. The fraction of sp³-hybridized carbons (Fsp3) is 0.778. The summed E-state index contributed by atoms with van der Waals surface area (Å²) in [5, 5.41) is 0. The SMILES string of the molecule is CCCN(CCC)c1cc(C)nc(N2CCCCC2CC)n1. The molecule has 0 aromatic carbocycles. The van der Waals surface area contributed by atoms with Gasteiger partial charge in [0.05, 0.1) is 0 Å². The largest absolute Gasteiger partial charge is 0.356 e. The highest BCUT2D eigenvalue weighted by molar-refractivity contribution is 5.46. The van der Waals surface area contributed by atoms with E-state index in [0.717, 1.165) is 49.9 Å². The molecule has 0 spiro atoms. The highest BCUT2D eigenvalue weighted by Gasteiger charge is 2.24. The number of hydrogen-bond donors (Lipinski definition) is 0. The molecule has 4 nitrogen and oxygen atoms in total. The first-order chi connectivity index (χ1) is 10.7. The molecule has 1 aliphatic rings. The van der Waals surface area contributed by atoms with E-state index >= 15 is 0 Å². The normalized spacial score (nSPS) is 18.5. The summed E-state index contributed by atoms with van der Waals surface area (Å²) in [5.74, 6) is 2.05. The van der Waals surface area contributed by atoms with E-state index in [-0.39, 0.29) is 0 Å². The van der Waals surface area contributed by atoms with Gasteiger partial charge in [-0.1, -0.05) is 20.8 Å². The number of nitrogens with zero attached hydrogens (tertiary/aromatic N) is 4. The highest BCUT2D eigenvalue weighted by Crippen LogP contribution is 2.26. The second-order valence-corrected chi connectivity index (χ2v) is 6.41. The van der Waals surface area contributed by atoms with Crippen LogP contribution in [0.4, 0.5) is 11.8 Å². The summed E-state index contributed by atoms with van der Waals surface area (Å²) in [6.45, 7) is 12.1. The Morgan fingerprint density at radius 3 is 2.50 bits per heavy atom. The molecule has 0 N–H and O–H groups in total. The number of piperidine rings is 1. The molecule has 0 bridgehead atoms. The van der Waals surface area contributed by atoms with Crippen molar-refractivity contribution in [1.82, 2.24) is 9.97 Å². The zero-order valence-corrected chi connectivity index (χ0v) is 14.8. The van der Waals surface area contributed by atoms with Crippen molar-refractivity contribution in [3.05, 3.63) is 11.8 Å². The molecule has 1 atom stereocenters. The molecule has 2 rings (SSSR count). The van der Waals surface area contributed by atoms with E-state index < -0.39 is 0 Å². The maximum Gasteiger partial charge on any atom is 0.227 e. The summed E-state index contributed by atoms with van der Waals surface area (Å²) < 4.78 is 0. The van der Waals surface area contributed by atoms with Crippen LogP contribution in [0.5, 0.6) is 0 Å². The van der Waals surface area contributed by atoms with E-state index in [1.165, 1.54) is 25.7 Å². The van der Waals surface area contributed by atoms with Gasteiger partial charge in [-0.25, -0.2) is 4.98 Å². The Kier molecular flexibility index (Phi) is 6.47. The maximum atomic E-state index is 4.93. The second-order valence-electron chi connectivity index (χ2n) is 6.41. The van der Waals surface area contributed by atoms with Crippen LogP contribution >= 0.6 is 0 Å². The van der Waals surface area contributed by atoms with E-state index in [1.54, 1.807) is 0 Å². The molecule has 1 aliphatic heterocycles. The molecule has 124 valence electrons. The molecule has 1 unspecified atom stereocenters. The van der Waals surface area contributed by atoms with Crippen LogP contribution < -0.4 is 9.80 Å². The number of aromatic nitrogens is 2. The lowest BCUT2D eigenvalue weighted by atomic mass is 10.0. The molecule has 1 aromatic heterocycles. The summed E-state index contributed by atoms with van der Waals surface area (Å²) in [6.07, 6.45) is 7.36. The number of hydrogen-bond acceptors (Lipinski definition) is 4. The predicted octanol–water partition coefficient (Wildman–Crippen LogP) is 4.18. The third-order valence-electron chi connectivity index (χ3n) is 4.50. The third kappa shape index (κ3) is 4.11. The topological polar surface area (TPSA) is 32.3 Å². The first-order valence-electron chi connectivity index (χ1n) is 9.06. The van der Waals surface area contributed by atoms with Crippen molar-refractivity contribution < 1.29 is 0 Å². The molecule has 0 saturated carbocycles. The average molecular weight is 304 g/mol. The minimum absolute atomic E-state index is 0.606. The lowest BCUT2D eigenvalue weighted by Gasteiger charge is -2.36. The van der Waals surface area contributed by atoms with Gasteiger partial charge < -0.3 is 9.80 Å². The number of anilines is 2. The van der Waals surface area contributed by atoms with Gasteiger partial charge in [-0.3, -0.25) is 0 Å². The van der Waals surface area contributed by atoms with E-state index in [9.17, 15) is 0 Å². The van der Waals surface area contributed by atoms with Gasteiger partial charge in [-0.15, -0.1) is 0 Å². The van der Waals surface area contributed by atoms with Gasteiger partial charge >= 0.3 is 0 Å². The zero-order valence-electron chi connectivity index (χ0n) is 14.8. The molecule has 1 saturated heterocycles. The minimum atomic E-state index is 0.606. The van der Waals surface area contributed by atoms with Gasteiger partial charge in [0.15, 0.2) is 0 Å². The van der Waals surface area contributed by atoms with Gasteiger partial charge in [0, 0.05) is 37.4 Å². The Morgan fingerprint density at radius 1 is 1.14 bits per heavy atom. The van der Waals surface area contributed by atoms with Gasteiger partial charge in [0.1, 0.15) is 5.82 Å². The molecular formula is C18H32N4. The molecule has 0 aliphatic carbocycles. The standard InChI is InChI=1S/C18H32N4/c1-5-11-21(12-6-2)17-14-15(4)19-18(20-17)22-13-9-8-10-16(22)7-3/h14,16H,5-13H2,1-4H3. The summed E-state index contributed by atoms with van der Waals surface area (Å²) in [7, 11) is 0. The fourth-order valence-electron chi connectivity index (χ4n) is 3.40. The Balaban J connectivity index is 2.28. The Morgan fingerprint density at radius 2 is 1.86 bits per heavy atom. The van der Waals surface area contributed by atoms with Crippen LogP contribution in [-0.2, 0) is 0 Å². The van der Waals surface area contributed by atoms with E-state index in [0.29, 0.717) is 6.04 Å². The van der Waals surface area contributed by atoms with Crippen LogP contribution in [0.25, 0.3) is 0 Å². The van der Waals surface area contributed by atoms with Crippen LogP contribution in [0.15, 0.2) is 6.07 Å². The number of aryl methyl sites for hydroxylation is 1. The average Bonchev–Trinajstić information content (AvgIpc) is 2.54. The lowest BCUT2D eigenvalue weighted by molar-refractivity contribution is 0.443. The third-order valence-corrected chi connectivity index (χ3v) is 4.50. The molecule has 0 radical (unpaired) electrons. The van der Waals surface area contributed by atoms with Crippen molar-refractivity contribution in [3.63, 3.8) is 0 Å². The van der Waals surface area contributed by atoms with Gasteiger partial charge in [0.2, 0.25) is 5.95 Å². The van der Waals surface area contributed by atoms with E-state index in [4.69, 9.17) is 9.97 Å². The van der Waals surface area contributed by atoms with Crippen molar-refractivity contribution in [1.29, 1.82) is 0 Å². The second kappa shape index (κ2) is 8.35. The van der Waals surface area contributed by atoms with Crippen molar-refractivity contribution in [2.24, 2.45) is 0 Å². The van der Waals surface area contributed by atoms with E-state index in [1.807, 2.05) is 0 Å². The summed E-state index contributed by atoms with van der Waals surface area (Å²) >= 11 is 0. The van der Waals surface area contributed by atoms with Gasteiger partial charge in [0.25, 0.3) is 0 Å². The van der Waals surface area contributed by atoms with Crippen molar-refractivity contribution in [2.75, 3.05) is 29.4 Å². The number of rotatable bonds is 7. The predicted molar refractivity (Wildman–Crippen MR) is 94.8 cm³/mol. The molecule has 22 heavy (non-hydrogen) atoms. The summed E-state index contributed by atoms with van der Waals surface area (Å²) in [5.41, 5.74) is 1.08. The van der Waals surface area contributed by atoms with Crippen LogP contribution in [0.1, 0.15) is 65.0 Å².